The lowest BCUT2D eigenvalue weighted by Gasteiger charge is -2.34. The number of anilines is 1. The molecule has 1 aromatic rings. The highest BCUT2D eigenvalue weighted by Gasteiger charge is 2.22. The van der Waals surface area contributed by atoms with Crippen LogP contribution in [-0.4, -0.2) is 35.9 Å². The monoisotopic (exact) mass is 236 g/mol. The van der Waals surface area contributed by atoms with Crippen molar-refractivity contribution in [3.63, 3.8) is 0 Å². The van der Waals surface area contributed by atoms with Crippen LogP contribution in [0.25, 0.3) is 0 Å². The Morgan fingerprint density at radius 3 is 3.18 bits per heavy atom. The lowest BCUT2D eigenvalue weighted by atomic mass is 10.1. The van der Waals surface area contributed by atoms with Gasteiger partial charge in [0.15, 0.2) is 0 Å². The van der Waals surface area contributed by atoms with Crippen LogP contribution in [0, 0.1) is 0 Å². The molecule has 0 bridgehead atoms. The number of morpholine rings is 1. The van der Waals surface area contributed by atoms with E-state index < -0.39 is 6.10 Å². The number of rotatable bonds is 3. The number of aromatic nitrogens is 1. The van der Waals surface area contributed by atoms with Crippen LogP contribution in [0.5, 0.6) is 0 Å². The summed E-state index contributed by atoms with van der Waals surface area (Å²) >= 11 is 0. The second-order valence-corrected chi connectivity index (χ2v) is 4.44. The van der Waals surface area contributed by atoms with Gasteiger partial charge >= 0.3 is 0 Å². The molecule has 17 heavy (non-hydrogen) atoms. The molecule has 2 rings (SSSR count). The molecule has 1 N–H and O–H groups in total. The molecule has 4 heteroatoms. The molecule has 1 fully saturated rings. The van der Waals surface area contributed by atoms with E-state index in [1.54, 1.807) is 13.1 Å². The molecule has 2 heterocycles. The summed E-state index contributed by atoms with van der Waals surface area (Å²) in [5.74, 6) is 0.893. The first-order valence-corrected chi connectivity index (χ1v) is 6.22. The van der Waals surface area contributed by atoms with Crippen LogP contribution in [-0.2, 0) is 4.74 Å². The quantitative estimate of drug-likeness (QED) is 0.868. The summed E-state index contributed by atoms with van der Waals surface area (Å²) < 4.78 is 5.65. The Labute approximate surface area is 102 Å². The first kappa shape index (κ1) is 12.3. The molecule has 1 saturated heterocycles. The average molecular weight is 236 g/mol. The van der Waals surface area contributed by atoms with Crippen molar-refractivity contribution in [3.8, 4) is 0 Å². The minimum absolute atomic E-state index is 0.271. The summed E-state index contributed by atoms with van der Waals surface area (Å²) in [5, 5.41) is 9.76. The zero-order chi connectivity index (χ0) is 12.3. The molecule has 1 aliphatic rings. The largest absolute Gasteiger partial charge is 0.389 e. The number of aliphatic hydroxyl groups is 1. The lowest BCUT2D eigenvalue weighted by Crippen LogP contribution is -2.43. The first-order chi connectivity index (χ1) is 8.22. The number of hydrogen-bond donors (Lipinski definition) is 1. The van der Waals surface area contributed by atoms with E-state index in [4.69, 9.17) is 4.74 Å². The molecule has 0 aliphatic carbocycles. The van der Waals surface area contributed by atoms with Crippen molar-refractivity contribution < 1.29 is 9.84 Å². The molecule has 0 aromatic carbocycles. The number of aliphatic hydroxyl groups excluding tert-OH is 1. The van der Waals surface area contributed by atoms with Crippen molar-refractivity contribution in [1.29, 1.82) is 0 Å². The summed E-state index contributed by atoms with van der Waals surface area (Å²) in [4.78, 5) is 6.61. The van der Waals surface area contributed by atoms with Gasteiger partial charge in [0, 0.05) is 24.8 Å². The van der Waals surface area contributed by atoms with Crippen molar-refractivity contribution in [1.82, 2.24) is 4.98 Å². The number of ether oxygens (including phenoxy) is 1. The van der Waals surface area contributed by atoms with E-state index in [-0.39, 0.29) is 6.10 Å². The van der Waals surface area contributed by atoms with Gasteiger partial charge in [-0.3, -0.25) is 0 Å². The Morgan fingerprint density at radius 2 is 2.47 bits per heavy atom. The van der Waals surface area contributed by atoms with Crippen molar-refractivity contribution in [2.75, 3.05) is 24.6 Å². The van der Waals surface area contributed by atoms with E-state index >= 15 is 0 Å². The maximum absolute atomic E-state index is 9.76. The zero-order valence-corrected chi connectivity index (χ0v) is 10.5. The van der Waals surface area contributed by atoms with E-state index in [1.807, 2.05) is 12.1 Å². The van der Waals surface area contributed by atoms with Gasteiger partial charge in [0.25, 0.3) is 0 Å². The van der Waals surface area contributed by atoms with Gasteiger partial charge in [-0.15, -0.1) is 0 Å². The fraction of sp³-hybridized carbons (Fsp3) is 0.615. The molecule has 2 atom stereocenters. The van der Waals surface area contributed by atoms with Gasteiger partial charge in [0.1, 0.15) is 5.82 Å². The highest BCUT2D eigenvalue weighted by molar-refractivity contribution is 5.48. The molecular formula is C13H20N2O2. The van der Waals surface area contributed by atoms with E-state index in [9.17, 15) is 5.11 Å². The second kappa shape index (κ2) is 5.47. The van der Waals surface area contributed by atoms with Crippen molar-refractivity contribution in [3.05, 3.63) is 23.9 Å². The van der Waals surface area contributed by atoms with Crippen molar-refractivity contribution in [2.45, 2.75) is 32.5 Å². The van der Waals surface area contributed by atoms with Crippen LogP contribution in [0.15, 0.2) is 18.3 Å². The topological polar surface area (TPSA) is 45.6 Å². The molecule has 94 valence electrons. The highest BCUT2D eigenvalue weighted by atomic mass is 16.5. The first-order valence-electron chi connectivity index (χ1n) is 6.22. The molecule has 1 unspecified atom stereocenters. The normalized spacial score (nSPS) is 22.5. The van der Waals surface area contributed by atoms with Gasteiger partial charge in [-0.2, -0.15) is 0 Å². The molecule has 0 saturated carbocycles. The van der Waals surface area contributed by atoms with Crippen LogP contribution in [0.2, 0.25) is 0 Å². The Kier molecular flexibility index (Phi) is 3.97. The van der Waals surface area contributed by atoms with Crippen molar-refractivity contribution >= 4 is 5.82 Å². The number of pyridine rings is 1. The summed E-state index contributed by atoms with van der Waals surface area (Å²) in [5.41, 5.74) is 0.893. The van der Waals surface area contributed by atoms with Crippen LogP contribution in [0.3, 0.4) is 0 Å². The van der Waals surface area contributed by atoms with E-state index in [0.717, 1.165) is 37.5 Å². The Hall–Kier alpha value is -1.13. The SMILES string of the molecule is CCC1CN(c2ncccc2[C@H](C)O)CCO1. The maximum Gasteiger partial charge on any atom is 0.134 e. The average Bonchev–Trinajstić information content (AvgIpc) is 2.39. The smallest absolute Gasteiger partial charge is 0.134 e. The molecule has 1 aliphatic heterocycles. The minimum atomic E-state index is -0.485. The third kappa shape index (κ3) is 2.76. The minimum Gasteiger partial charge on any atom is -0.389 e. The fourth-order valence-corrected chi connectivity index (χ4v) is 2.16. The van der Waals surface area contributed by atoms with Gasteiger partial charge in [-0.25, -0.2) is 4.98 Å². The lowest BCUT2D eigenvalue weighted by molar-refractivity contribution is 0.0379. The highest BCUT2D eigenvalue weighted by Crippen LogP contribution is 2.25. The van der Waals surface area contributed by atoms with Crippen LogP contribution >= 0.6 is 0 Å². The standard InChI is InChI=1S/C13H20N2O2/c1-3-11-9-15(7-8-17-11)13-12(10(2)16)5-4-6-14-13/h4-6,10-11,16H,3,7-9H2,1-2H3/t10-,11?/m0/s1. The number of hydrogen-bond acceptors (Lipinski definition) is 4. The molecule has 0 amide bonds. The molecular weight excluding hydrogens is 216 g/mol. The summed E-state index contributed by atoms with van der Waals surface area (Å²) in [7, 11) is 0. The van der Waals surface area contributed by atoms with Gasteiger partial charge in [0.05, 0.1) is 18.8 Å². The second-order valence-electron chi connectivity index (χ2n) is 4.44. The van der Waals surface area contributed by atoms with Gasteiger partial charge in [-0.05, 0) is 19.4 Å². The number of nitrogens with zero attached hydrogens (tertiary/aromatic N) is 2. The fourth-order valence-electron chi connectivity index (χ4n) is 2.16. The van der Waals surface area contributed by atoms with Crippen molar-refractivity contribution in [2.24, 2.45) is 0 Å². The summed E-state index contributed by atoms with van der Waals surface area (Å²) in [6.07, 6.45) is 2.57. The van der Waals surface area contributed by atoms with Crippen LogP contribution < -0.4 is 4.90 Å². The molecule has 0 radical (unpaired) electrons. The third-order valence-corrected chi connectivity index (χ3v) is 3.16. The Bertz CT molecular complexity index is 368. The van der Waals surface area contributed by atoms with Gasteiger partial charge < -0.3 is 14.7 Å². The zero-order valence-electron chi connectivity index (χ0n) is 10.5. The Balaban J connectivity index is 2.21. The third-order valence-electron chi connectivity index (χ3n) is 3.16. The van der Waals surface area contributed by atoms with Gasteiger partial charge in [0.2, 0.25) is 0 Å². The summed E-state index contributed by atoms with van der Waals surface area (Å²) in [6, 6.07) is 3.80. The predicted octanol–water partition coefficient (Wildman–Crippen LogP) is 1.75. The van der Waals surface area contributed by atoms with Crippen LogP contribution in [0.4, 0.5) is 5.82 Å². The predicted molar refractivity (Wildman–Crippen MR) is 67.1 cm³/mol. The van der Waals surface area contributed by atoms with Gasteiger partial charge in [-0.1, -0.05) is 13.0 Å². The molecule has 0 spiro atoms. The van der Waals surface area contributed by atoms with E-state index in [1.165, 1.54) is 0 Å². The van der Waals surface area contributed by atoms with Crippen LogP contribution in [0.1, 0.15) is 31.9 Å². The Morgan fingerprint density at radius 1 is 1.65 bits per heavy atom. The molecule has 4 nitrogen and oxygen atoms in total. The maximum atomic E-state index is 9.76. The van der Waals surface area contributed by atoms with E-state index in [0.29, 0.717) is 0 Å². The van der Waals surface area contributed by atoms with E-state index in [2.05, 4.69) is 16.8 Å². The molecule has 1 aromatic heterocycles. The summed E-state index contributed by atoms with van der Waals surface area (Å²) in [6.45, 7) is 6.33.